The molecule has 0 spiro atoms. The van der Waals surface area contributed by atoms with Crippen LogP contribution in [0.1, 0.15) is 51.4 Å². The Morgan fingerprint density at radius 3 is 1.29 bits per heavy atom. The van der Waals surface area contributed by atoms with Crippen molar-refractivity contribution in [1.82, 2.24) is 31.9 Å². The summed E-state index contributed by atoms with van der Waals surface area (Å²) in [6.07, 6.45) is -10.4. The molecule has 1 aliphatic heterocycles. The molecule has 0 aliphatic carbocycles. The number of ether oxygens (including phenoxy) is 2. The first kappa shape index (κ1) is 74.5. The van der Waals surface area contributed by atoms with Crippen LogP contribution in [0.4, 0.5) is 0 Å². The largest absolute Gasteiger partial charge is 0.508 e. The number of nitrogens with one attached hydrogen (secondary N) is 6. The summed E-state index contributed by atoms with van der Waals surface area (Å²) < 4.78 is 9.51. The smallest absolute Gasteiger partial charge is 0.245 e. The quantitative estimate of drug-likeness (QED) is 0.0260. The molecule has 1 heterocycles. The maximum Gasteiger partial charge on any atom is 0.245 e. The van der Waals surface area contributed by atoms with E-state index >= 15 is 9.59 Å². The number of primary amides is 1. The lowest BCUT2D eigenvalue weighted by atomic mass is 9.84. The minimum absolute atomic E-state index is 0.0225. The molecule has 22 nitrogen and oxygen atoms in total. The van der Waals surface area contributed by atoms with E-state index in [1.807, 2.05) is 182 Å². The Labute approximate surface area is 588 Å². The van der Waals surface area contributed by atoms with Crippen molar-refractivity contribution in [3.05, 3.63) is 281 Å². The Kier molecular flexibility index (Phi) is 26.7. The fourth-order valence-corrected chi connectivity index (χ4v) is 15.0. The molecule has 9 rings (SSSR count). The fraction of sp³-hybridized carbons (Fsp3) is 0.276. The molecule has 0 aromatic heterocycles. The summed E-state index contributed by atoms with van der Waals surface area (Å²) in [5.41, 5.74) is 18.2. The first-order valence-electron chi connectivity index (χ1n) is 32.5. The third-order valence-electron chi connectivity index (χ3n) is 17.1. The molecule has 0 bridgehead atoms. The number of phenolic OH excluding ortho intramolecular Hbond substituents is 1. The van der Waals surface area contributed by atoms with Crippen molar-refractivity contribution in [2.24, 2.45) is 11.5 Å². The zero-order chi connectivity index (χ0) is 71.2. The molecule has 1 aliphatic rings. The number of aliphatic hydroxyl groups excluding tert-OH is 4. The number of rotatable bonds is 33. The second-order valence-corrected chi connectivity index (χ2v) is 26.5. The average molecular weight is 1400 g/mol. The van der Waals surface area contributed by atoms with Crippen LogP contribution in [0.15, 0.2) is 237 Å². The van der Waals surface area contributed by atoms with E-state index in [2.05, 4.69) is 31.9 Å². The SMILES string of the molecule is C[C@@H](O[C@@H]1O[C@H](CO)[C@@H](O)[C@H](O)[C@H]1O)[C@@H](NC(=O)[C@@H](CSC(c1ccccc1)(c1ccccc1)c1ccccc1)NC(=O)[C@H](Cc1ccccc1)NC(=O)CNC(=O)[C@@H](CSC(c1ccccc1)(c1ccccc1)c1ccccc1)NC(=O)[C@@H](N)Cc1ccc(O)cc1)C(=O)NCC(N)=O. The van der Waals surface area contributed by atoms with Gasteiger partial charge < -0.3 is 78.4 Å². The zero-order valence-electron chi connectivity index (χ0n) is 54.7. The minimum atomic E-state index is -1.93. The number of amides is 7. The van der Waals surface area contributed by atoms with Gasteiger partial charge in [0.25, 0.3) is 0 Å². The molecular weight excluding hydrogens is 1310 g/mol. The van der Waals surface area contributed by atoms with E-state index in [0.29, 0.717) is 11.1 Å². The molecule has 1 fully saturated rings. The third kappa shape index (κ3) is 19.0. The summed E-state index contributed by atoms with van der Waals surface area (Å²) in [5, 5.41) is 68.4. The van der Waals surface area contributed by atoms with E-state index in [4.69, 9.17) is 20.9 Å². The first-order chi connectivity index (χ1) is 48.3. The molecule has 8 aromatic rings. The van der Waals surface area contributed by atoms with Crippen LogP contribution in [0, 0.1) is 0 Å². The fourth-order valence-electron chi connectivity index (χ4n) is 11.8. The van der Waals surface area contributed by atoms with Gasteiger partial charge in [-0.1, -0.05) is 224 Å². The van der Waals surface area contributed by atoms with Crippen LogP contribution in [0.3, 0.4) is 0 Å². The van der Waals surface area contributed by atoms with Crippen LogP contribution in [0.2, 0.25) is 0 Å². The highest BCUT2D eigenvalue weighted by atomic mass is 32.2. The maximum atomic E-state index is 15.5. The molecule has 15 N–H and O–H groups in total. The Morgan fingerprint density at radius 1 is 0.470 bits per heavy atom. The van der Waals surface area contributed by atoms with Gasteiger partial charge in [0.05, 0.1) is 41.3 Å². The van der Waals surface area contributed by atoms with Crippen molar-refractivity contribution in [1.29, 1.82) is 0 Å². The van der Waals surface area contributed by atoms with E-state index < -0.39 is 138 Å². The van der Waals surface area contributed by atoms with E-state index in [9.17, 15) is 49.5 Å². The lowest BCUT2D eigenvalue weighted by Crippen LogP contribution is -2.63. The average Bonchev–Trinajstić information content (AvgIpc) is 0.763. The van der Waals surface area contributed by atoms with Crippen molar-refractivity contribution < 1.29 is 68.6 Å². The van der Waals surface area contributed by atoms with Gasteiger partial charge in [0.15, 0.2) is 6.29 Å². The lowest BCUT2D eigenvalue weighted by Gasteiger charge is -2.41. The number of phenols is 1. The van der Waals surface area contributed by atoms with Gasteiger partial charge in [-0.05, 0) is 70.0 Å². The highest BCUT2D eigenvalue weighted by molar-refractivity contribution is 8.01. The number of hydrogen-bond donors (Lipinski definition) is 13. The van der Waals surface area contributed by atoms with Gasteiger partial charge in [0, 0.05) is 17.9 Å². The van der Waals surface area contributed by atoms with Crippen LogP contribution in [0.25, 0.3) is 0 Å². The van der Waals surface area contributed by atoms with E-state index in [0.717, 1.165) is 33.4 Å². The molecule has 0 radical (unpaired) electrons. The normalized spacial score (nSPS) is 17.9. The summed E-state index contributed by atoms with van der Waals surface area (Å²) >= 11 is 2.65. The second kappa shape index (κ2) is 35.9. The van der Waals surface area contributed by atoms with Crippen LogP contribution in [-0.4, -0.2) is 165 Å². The number of thioether (sulfide) groups is 2. The van der Waals surface area contributed by atoms with E-state index in [1.165, 1.54) is 42.6 Å². The van der Waals surface area contributed by atoms with E-state index in [-0.39, 0.29) is 30.1 Å². The summed E-state index contributed by atoms with van der Waals surface area (Å²) in [5.74, 6) is -6.47. The third-order valence-corrected chi connectivity index (χ3v) is 20.3. The Morgan fingerprint density at radius 2 is 0.860 bits per heavy atom. The van der Waals surface area contributed by atoms with Crippen LogP contribution in [0.5, 0.6) is 5.75 Å². The van der Waals surface area contributed by atoms with Crippen molar-refractivity contribution >= 4 is 64.9 Å². The molecule has 0 saturated carbocycles. The summed E-state index contributed by atoms with van der Waals surface area (Å²) in [6.45, 7) is -0.928. The highest BCUT2D eigenvalue weighted by Gasteiger charge is 2.47. The van der Waals surface area contributed by atoms with Gasteiger partial charge in [-0.2, -0.15) is 0 Å². The number of carbonyl (C=O) groups is 7. The van der Waals surface area contributed by atoms with Crippen LogP contribution >= 0.6 is 23.5 Å². The number of aromatic hydroxyl groups is 1. The predicted octanol–water partition coefficient (Wildman–Crippen LogP) is 3.82. The minimum Gasteiger partial charge on any atom is -0.508 e. The molecule has 1 saturated heterocycles. The predicted molar refractivity (Wildman–Crippen MR) is 381 cm³/mol. The molecule has 8 aromatic carbocycles. The number of benzene rings is 8. The maximum absolute atomic E-state index is 15.5. The van der Waals surface area contributed by atoms with Crippen LogP contribution in [-0.2, 0) is 65.4 Å². The number of hydrogen-bond acceptors (Lipinski definition) is 17. The van der Waals surface area contributed by atoms with Crippen molar-refractivity contribution in [2.75, 3.05) is 31.2 Å². The number of aliphatic hydroxyl groups is 4. The topological polar surface area (TPSA) is 363 Å². The Hall–Kier alpha value is -9.73. The number of nitrogens with two attached hydrogens (primary N) is 2. The standard InChI is InChI=1S/C76H82N8O14S2/c1-48(97-74-68(91)67(90)66(89)62(45-85)98-74)65(73(96)79-43-63(78)87)84-72(95)61(47-100-76(54-31-17-6-18-32-54,55-33-19-7-20-34-55)56-35-21-8-22-36-56)83-71(94)59(42-49-23-9-2-10-24-49)81-64(88)44-80-70(93)60(82-69(92)58(77)41-50-37-39-57(86)40-38-50)46-99-75(51-25-11-3-12-26-51,52-27-13-4-14-28-52)53-29-15-5-16-30-53/h2-40,48,58-62,65-68,74,85-86,89-91H,41-47,77H2,1H3,(H2,78,87)(H,79,96)(H,80,93)(H,81,88)(H,82,92)(H,83,94)(H,84,95)/t48-,58+,59+,60-,61-,62-,65-,66-,67+,68-,74-/m1/s1. The second-order valence-electron chi connectivity index (χ2n) is 24.0. The summed E-state index contributed by atoms with van der Waals surface area (Å²) in [4.78, 5) is 101. The van der Waals surface area contributed by atoms with Crippen molar-refractivity contribution in [3.8, 4) is 5.75 Å². The van der Waals surface area contributed by atoms with E-state index in [1.54, 1.807) is 42.5 Å². The van der Waals surface area contributed by atoms with Gasteiger partial charge in [-0.15, -0.1) is 23.5 Å². The molecule has 100 heavy (non-hydrogen) atoms. The van der Waals surface area contributed by atoms with Gasteiger partial charge in [0.1, 0.15) is 54.3 Å². The molecular formula is C76H82N8O14S2. The zero-order valence-corrected chi connectivity index (χ0v) is 56.3. The molecule has 522 valence electrons. The Bertz CT molecular complexity index is 3760. The molecule has 11 atom stereocenters. The lowest BCUT2D eigenvalue weighted by molar-refractivity contribution is -0.311. The van der Waals surface area contributed by atoms with Crippen molar-refractivity contribution in [3.63, 3.8) is 0 Å². The number of carbonyl (C=O) groups excluding carboxylic acids is 7. The van der Waals surface area contributed by atoms with Gasteiger partial charge >= 0.3 is 0 Å². The molecule has 0 unspecified atom stereocenters. The van der Waals surface area contributed by atoms with Gasteiger partial charge in [0.2, 0.25) is 41.4 Å². The molecule has 24 heteroatoms. The van der Waals surface area contributed by atoms with Crippen LogP contribution < -0.4 is 43.4 Å². The first-order valence-corrected chi connectivity index (χ1v) is 34.5. The summed E-state index contributed by atoms with van der Waals surface area (Å²) in [6, 6.07) is 65.0. The monoisotopic (exact) mass is 1390 g/mol. The highest BCUT2D eigenvalue weighted by Crippen LogP contribution is 2.50. The van der Waals surface area contributed by atoms with Crippen molar-refractivity contribution in [2.45, 2.75) is 96.3 Å². The Balaban J connectivity index is 1.04. The van der Waals surface area contributed by atoms with Gasteiger partial charge in [-0.3, -0.25) is 33.6 Å². The van der Waals surface area contributed by atoms with Gasteiger partial charge in [-0.25, -0.2) is 0 Å². The molecule has 7 amide bonds. The summed E-state index contributed by atoms with van der Waals surface area (Å²) in [7, 11) is 0.